The van der Waals surface area contributed by atoms with Gasteiger partial charge in [-0.3, -0.25) is 0 Å². The molecule has 0 radical (unpaired) electrons. The molecule has 0 saturated heterocycles. The molecule has 19 nitrogen and oxygen atoms in total. The topological polar surface area (TPSA) is 275 Å². The van der Waals surface area contributed by atoms with Crippen molar-refractivity contribution >= 4 is 37.3 Å². The van der Waals surface area contributed by atoms with Gasteiger partial charge in [-0.05, 0) is 25.0 Å². The van der Waals surface area contributed by atoms with E-state index in [2.05, 4.69) is 24.6 Å². The van der Waals surface area contributed by atoms with Gasteiger partial charge >= 0.3 is 0 Å². The SMILES string of the molecule is NS(=O)(=O)c1cc2c(cc1Cl)NC(CCC(CO[N+](=O)[O-])(CO[N+](=O)[O-])CO[N+](=O)[O-])NS2(=O)=O. The van der Waals surface area contributed by atoms with Crippen molar-refractivity contribution in [2.24, 2.45) is 10.6 Å². The normalized spacial score (nSPS) is 16.9. The Morgan fingerprint density at radius 3 is 1.94 bits per heavy atom. The Morgan fingerprint density at radius 1 is 1.03 bits per heavy atom. The molecule has 0 amide bonds. The van der Waals surface area contributed by atoms with Crippen molar-refractivity contribution in [2.45, 2.75) is 28.8 Å². The van der Waals surface area contributed by atoms with E-state index in [1.165, 1.54) is 0 Å². The van der Waals surface area contributed by atoms with E-state index in [1.54, 1.807) is 0 Å². The molecule has 1 heterocycles. The van der Waals surface area contributed by atoms with Crippen LogP contribution < -0.4 is 15.2 Å². The monoisotopic (exact) mass is 564 g/mol. The van der Waals surface area contributed by atoms with Crippen molar-refractivity contribution in [1.82, 2.24) is 4.72 Å². The zero-order chi connectivity index (χ0) is 26.6. The van der Waals surface area contributed by atoms with E-state index in [1.807, 2.05) is 0 Å². The van der Waals surface area contributed by atoms with Crippen LogP contribution in [-0.2, 0) is 34.6 Å². The maximum atomic E-state index is 12.7. The van der Waals surface area contributed by atoms with Crippen molar-refractivity contribution in [3.05, 3.63) is 47.5 Å². The number of nitrogens with zero attached hydrogens (tertiary/aromatic N) is 3. The molecule has 4 N–H and O–H groups in total. The number of rotatable bonds is 13. The predicted octanol–water partition coefficient (Wildman–Crippen LogP) is -0.591. The summed E-state index contributed by atoms with van der Waals surface area (Å²) < 4.78 is 50.8. The fourth-order valence-electron chi connectivity index (χ4n) is 3.05. The second-order valence-corrected chi connectivity index (χ2v) is 10.8. The summed E-state index contributed by atoms with van der Waals surface area (Å²) in [6.45, 7) is -2.79. The van der Waals surface area contributed by atoms with Crippen LogP contribution in [0.2, 0.25) is 5.02 Å². The van der Waals surface area contributed by atoms with E-state index in [-0.39, 0.29) is 23.6 Å². The first kappa shape index (κ1) is 28.0. The number of halogens is 1. The van der Waals surface area contributed by atoms with E-state index < -0.39 is 76.5 Å². The minimum absolute atomic E-state index is 0.124. The van der Waals surface area contributed by atoms with Crippen LogP contribution in [0.5, 0.6) is 0 Å². The molecular weight excluding hydrogens is 548 g/mol. The average Bonchev–Trinajstić information content (AvgIpc) is 2.70. The maximum absolute atomic E-state index is 12.7. The average molecular weight is 565 g/mol. The third-order valence-corrected chi connectivity index (χ3v) is 7.54. The number of primary sulfonamides is 1. The number of fused-ring (bicyclic) bond motifs is 1. The van der Waals surface area contributed by atoms with Gasteiger partial charge in [0.05, 0.1) is 16.9 Å². The molecule has 1 aromatic rings. The number of nitrogens with two attached hydrogens (primary N) is 1. The quantitative estimate of drug-likeness (QED) is 0.199. The number of hydrogen-bond donors (Lipinski definition) is 3. The molecule has 0 aromatic heterocycles. The summed E-state index contributed by atoms with van der Waals surface area (Å²) in [7, 11) is -8.70. The molecule has 1 aromatic carbocycles. The van der Waals surface area contributed by atoms with Gasteiger partial charge in [0.25, 0.3) is 15.3 Å². The van der Waals surface area contributed by atoms with Gasteiger partial charge in [0.15, 0.2) is 0 Å². The maximum Gasteiger partial charge on any atom is 0.294 e. The molecule has 0 spiro atoms. The van der Waals surface area contributed by atoms with Crippen LogP contribution in [0, 0.1) is 35.8 Å². The van der Waals surface area contributed by atoms with Crippen LogP contribution in [0.4, 0.5) is 5.69 Å². The molecule has 0 saturated carbocycles. The molecule has 1 aliphatic heterocycles. The Hall–Kier alpha value is -3.27. The summed E-state index contributed by atoms with van der Waals surface area (Å²) in [6, 6.07) is 1.74. The Balaban J connectivity index is 2.33. The van der Waals surface area contributed by atoms with Gasteiger partial charge in [0.2, 0.25) is 20.0 Å². The van der Waals surface area contributed by atoms with Crippen molar-refractivity contribution in [2.75, 3.05) is 25.1 Å². The Bertz CT molecular complexity index is 1180. The van der Waals surface area contributed by atoms with Gasteiger partial charge in [-0.25, -0.2) is 22.0 Å². The first-order valence-corrected chi connectivity index (χ1v) is 12.4. The standard InChI is InChI=1S/C13H17ClN6O13S2/c14-8-3-9-11(4-10(8)34(15,27)28)35(29,30)17-12(16-9)1-2-13(5-31-18(21)22,6-32-19(23)24)7-33-20(25)26/h3-4,12,16-17H,1-2,5-7H2,(H2,15,27,28). The smallest absolute Gasteiger partial charge is 0.294 e. The predicted molar refractivity (Wildman–Crippen MR) is 111 cm³/mol. The molecule has 1 atom stereocenters. The van der Waals surface area contributed by atoms with Gasteiger partial charge in [-0.2, -0.15) is 4.72 Å². The summed E-state index contributed by atoms with van der Waals surface area (Å²) in [6.07, 6.45) is -1.85. The van der Waals surface area contributed by atoms with Crippen LogP contribution in [-0.4, -0.2) is 58.1 Å². The largest absolute Gasteiger partial charge is 0.368 e. The first-order valence-electron chi connectivity index (χ1n) is 9.02. The first-order chi connectivity index (χ1) is 16.0. The summed E-state index contributed by atoms with van der Waals surface area (Å²) in [5.74, 6) is 0. The lowest BCUT2D eigenvalue weighted by Gasteiger charge is -2.34. The molecule has 1 unspecified atom stereocenters. The number of sulfonamides is 2. The summed E-state index contributed by atoms with van der Waals surface area (Å²) >= 11 is 5.89. The molecular formula is C13H17ClN6O13S2. The van der Waals surface area contributed by atoms with Gasteiger partial charge in [0, 0.05) is 5.41 Å². The van der Waals surface area contributed by atoms with Crippen LogP contribution in [0.1, 0.15) is 12.8 Å². The number of nitrogens with one attached hydrogen (secondary N) is 2. The van der Waals surface area contributed by atoms with Gasteiger partial charge in [-0.1, -0.05) is 11.6 Å². The van der Waals surface area contributed by atoms with Crippen molar-refractivity contribution in [3.63, 3.8) is 0 Å². The second-order valence-electron chi connectivity index (χ2n) is 7.17. The lowest BCUT2D eigenvalue weighted by Crippen LogP contribution is -2.47. The third kappa shape index (κ3) is 7.61. The molecule has 0 fully saturated rings. The van der Waals surface area contributed by atoms with E-state index in [0.717, 1.165) is 12.1 Å². The molecule has 2 rings (SSSR count). The lowest BCUT2D eigenvalue weighted by atomic mass is 9.85. The van der Waals surface area contributed by atoms with Crippen LogP contribution in [0.3, 0.4) is 0 Å². The molecule has 196 valence electrons. The zero-order valence-electron chi connectivity index (χ0n) is 17.2. The van der Waals surface area contributed by atoms with Gasteiger partial charge in [0.1, 0.15) is 29.6 Å². The number of hydrogen-bond acceptors (Lipinski definition) is 14. The highest BCUT2D eigenvalue weighted by molar-refractivity contribution is 7.90. The van der Waals surface area contributed by atoms with Crippen LogP contribution in [0.15, 0.2) is 21.9 Å². The number of anilines is 1. The van der Waals surface area contributed by atoms with E-state index >= 15 is 0 Å². The van der Waals surface area contributed by atoms with Crippen LogP contribution in [0.25, 0.3) is 0 Å². The summed E-state index contributed by atoms with van der Waals surface area (Å²) in [5.41, 5.74) is -1.96. The minimum atomic E-state index is -4.36. The Labute approximate surface area is 200 Å². The molecule has 1 aliphatic rings. The van der Waals surface area contributed by atoms with E-state index in [4.69, 9.17) is 16.7 Å². The van der Waals surface area contributed by atoms with Crippen molar-refractivity contribution in [1.29, 1.82) is 0 Å². The molecule has 0 bridgehead atoms. The fraction of sp³-hybridized carbons (Fsp3) is 0.538. The van der Waals surface area contributed by atoms with Crippen molar-refractivity contribution < 1.29 is 46.6 Å². The second kappa shape index (κ2) is 10.6. The van der Waals surface area contributed by atoms with Gasteiger partial charge < -0.3 is 19.8 Å². The van der Waals surface area contributed by atoms with E-state index in [0.29, 0.717) is 0 Å². The minimum Gasteiger partial charge on any atom is -0.368 e. The van der Waals surface area contributed by atoms with E-state index in [9.17, 15) is 47.2 Å². The van der Waals surface area contributed by atoms with Crippen molar-refractivity contribution in [3.8, 4) is 0 Å². The number of benzene rings is 1. The Kier molecular flexibility index (Phi) is 8.43. The fourth-order valence-corrected chi connectivity index (χ4v) is 5.58. The lowest BCUT2D eigenvalue weighted by molar-refractivity contribution is -0.782. The summed E-state index contributed by atoms with van der Waals surface area (Å²) in [5, 5.41) is 35.6. The Morgan fingerprint density at radius 2 is 1.51 bits per heavy atom. The summed E-state index contributed by atoms with van der Waals surface area (Å²) in [4.78, 5) is 43.5. The molecule has 35 heavy (non-hydrogen) atoms. The van der Waals surface area contributed by atoms with Gasteiger partial charge in [-0.15, -0.1) is 30.3 Å². The highest BCUT2D eigenvalue weighted by Crippen LogP contribution is 2.35. The molecule has 0 aliphatic carbocycles. The third-order valence-electron chi connectivity index (χ3n) is 4.65. The molecule has 22 heteroatoms. The highest BCUT2D eigenvalue weighted by Gasteiger charge is 2.38. The zero-order valence-corrected chi connectivity index (χ0v) is 19.6. The van der Waals surface area contributed by atoms with Crippen LogP contribution >= 0.6 is 11.6 Å². The highest BCUT2D eigenvalue weighted by atomic mass is 35.5.